The Kier molecular flexibility index (Phi) is 5.76. The van der Waals surface area contributed by atoms with Crippen LogP contribution < -0.4 is 4.74 Å². The van der Waals surface area contributed by atoms with Gasteiger partial charge in [0.25, 0.3) is 0 Å². The molecule has 2 heterocycles. The van der Waals surface area contributed by atoms with Crippen molar-refractivity contribution in [3.05, 3.63) is 70.9 Å². The quantitative estimate of drug-likeness (QED) is 0.314. The molecule has 5 heteroatoms. The van der Waals surface area contributed by atoms with E-state index in [1.54, 1.807) is 0 Å². The van der Waals surface area contributed by atoms with Gasteiger partial charge in [0.05, 0.1) is 24.8 Å². The number of fused-ring (bicyclic) bond motifs is 1. The molecule has 0 fully saturated rings. The molecule has 4 aromatic rings. The largest absolute Gasteiger partial charge is 0.493 e. The van der Waals surface area contributed by atoms with Crippen molar-refractivity contribution < 1.29 is 19.0 Å². The first-order valence-electron chi connectivity index (χ1n) is 12.0. The lowest BCUT2D eigenvalue weighted by molar-refractivity contribution is -0.164. The predicted molar refractivity (Wildman–Crippen MR) is 139 cm³/mol. The number of rotatable bonds is 4. The van der Waals surface area contributed by atoms with Crippen LogP contribution in [0.15, 0.2) is 48.7 Å². The fourth-order valence-corrected chi connectivity index (χ4v) is 5.17. The first-order valence-corrected chi connectivity index (χ1v) is 12.0. The van der Waals surface area contributed by atoms with Gasteiger partial charge in [-0.15, -0.1) is 0 Å². The minimum absolute atomic E-state index is 0.419. The van der Waals surface area contributed by atoms with E-state index in [9.17, 15) is 4.79 Å². The number of pyridine rings is 1. The third kappa shape index (κ3) is 3.94. The lowest BCUT2D eigenvalue weighted by Gasteiger charge is -2.30. The number of esters is 1. The van der Waals surface area contributed by atoms with Crippen molar-refractivity contribution in [2.45, 2.75) is 52.7 Å². The van der Waals surface area contributed by atoms with Gasteiger partial charge >= 0.3 is 5.97 Å². The highest BCUT2D eigenvalue weighted by Gasteiger charge is 2.34. The first-order chi connectivity index (χ1) is 16.7. The Morgan fingerprint density at radius 2 is 1.77 bits per heavy atom. The van der Waals surface area contributed by atoms with E-state index >= 15 is 0 Å². The Morgan fingerprint density at radius 1 is 1.03 bits per heavy atom. The summed E-state index contributed by atoms with van der Waals surface area (Å²) in [5, 5.41) is 3.23. The van der Waals surface area contributed by atoms with Gasteiger partial charge in [-0.3, -0.25) is 4.98 Å². The third-order valence-corrected chi connectivity index (χ3v) is 6.82. The maximum absolute atomic E-state index is 13.2. The molecular weight excluding hydrogens is 438 g/mol. The number of carbonyl (C=O) groups is 1. The molecule has 5 rings (SSSR count). The van der Waals surface area contributed by atoms with Crippen molar-refractivity contribution in [2.24, 2.45) is 0 Å². The van der Waals surface area contributed by atoms with Crippen LogP contribution in [0.5, 0.6) is 5.75 Å². The van der Waals surface area contributed by atoms with Gasteiger partial charge < -0.3 is 14.2 Å². The monoisotopic (exact) mass is 469 g/mol. The number of methoxy groups -OCH3 is 1. The predicted octanol–water partition coefficient (Wildman–Crippen LogP) is 6.64. The summed E-state index contributed by atoms with van der Waals surface area (Å²) in [4.78, 5) is 18.0. The third-order valence-electron chi connectivity index (χ3n) is 6.82. The number of ether oxygens (including phenoxy) is 3. The van der Waals surface area contributed by atoms with Crippen molar-refractivity contribution in [2.75, 3.05) is 13.7 Å². The summed E-state index contributed by atoms with van der Waals surface area (Å²) in [6.45, 7) is 10.7. The van der Waals surface area contributed by atoms with Crippen LogP contribution in [0, 0.1) is 13.8 Å². The highest BCUT2D eigenvalue weighted by molar-refractivity contribution is 6.09. The normalized spacial score (nSPS) is 14.1. The van der Waals surface area contributed by atoms with Gasteiger partial charge in [-0.25, -0.2) is 4.79 Å². The topological polar surface area (TPSA) is 57.7 Å². The van der Waals surface area contributed by atoms with Crippen LogP contribution in [0.25, 0.3) is 32.8 Å². The number of nitrogens with zero attached hydrogens (tertiary/aromatic N) is 1. The van der Waals surface area contributed by atoms with Crippen LogP contribution in [0.2, 0.25) is 0 Å². The highest BCUT2D eigenvalue weighted by Crippen LogP contribution is 2.46. The van der Waals surface area contributed by atoms with Gasteiger partial charge in [0.15, 0.2) is 6.10 Å². The molecule has 0 aliphatic carbocycles. The van der Waals surface area contributed by atoms with E-state index in [1.807, 2.05) is 45.2 Å². The summed E-state index contributed by atoms with van der Waals surface area (Å²) in [6.07, 6.45) is 1.82. The van der Waals surface area contributed by atoms with E-state index in [2.05, 4.69) is 38.1 Å². The lowest BCUT2D eigenvalue weighted by atomic mass is 9.83. The molecule has 0 amide bonds. The van der Waals surface area contributed by atoms with Crippen molar-refractivity contribution in [3.63, 3.8) is 0 Å². The number of aryl methyl sites for hydroxylation is 1. The molecule has 0 saturated heterocycles. The van der Waals surface area contributed by atoms with Gasteiger partial charge in [-0.1, -0.05) is 24.3 Å². The molecule has 0 saturated carbocycles. The number of hydrogen-bond donors (Lipinski definition) is 0. The molecule has 1 aromatic heterocycles. The van der Waals surface area contributed by atoms with Crippen LogP contribution in [0.3, 0.4) is 0 Å². The molecule has 1 atom stereocenters. The van der Waals surface area contributed by atoms with E-state index < -0.39 is 17.7 Å². The maximum Gasteiger partial charge on any atom is 0.339 e. The summed E-state index contributed by atoms with van der Waals surface area (Å²) in [5.74, 6) is 0.432. The van der Waals surface area contributed by atoms with Crippen molar-refractivity contribution >= 4 is 27.6 Å². The summed E-state index contributed by atoms with van der Waals surface area (Å²) in [7, 11) is 1.41. The highest BCUT2D eigenvalue weighted by atomic mass is 16.6. The van der Waals surface area contributed by atoms with Crippen LogP contribution >= 0.6 is 0 Å². The molecule has 180 valence electrons. The number of hydrogen-bond acceptors (Lipinski definition) is 5. The Labute approximate surface area is 206 Å². The van der Waals surface area contributed by atoms with E-state index in [-0.39, 0.29) is 0 Å². The van der Waals surface area contributed by atoms with Gasteiger partial charge in [-0.2, -0.15) is 0 Å². The summed E-state index contributed by atoms with van der Waals surface area (Å²) < 4.78 is 17.6. The zero-order valence-electron chi connectivity index (χ0n) is 21.2. The Bertz CT molecular complexity index is 1460. The molecule has 35 heavy (non-hydrogen) atoms. The molecule has 0 unspecified atom stereocenters. The minimum Gasteiger partial charge on any atom is -0.493 e. The molecule has 3 aromatic carbocycles. The Morgan fingerprint density at radius 3 is 2.49 bits per heavy atom. The average molecular weight is 470 g/mol. The second kappa shape index (κ2) is 8.65. The minimum atomic E-state index is -0.889. The molecule has 1 aliphatic heterocycles. The molecular formula is C30H31NO4. The Hall–Kier alpha value is -3.44. The van der Waals surface area contributed by atoms with Gasteiger partial charge in [0, 0.05) is 29.1 Å². The van der Waals surface area contributed by atoms with E-state index in [1.165, 1.54) is 12.7 Å². The SMILES string of the molecule is COC(=O)[C@@H](OC(C)(C)C)c1c(C)c(C)c2ccccc2c1-c1ccc2c3c(ccnc13)CCO2. The second-order valence-electron chi connectivity index (χ2n) is 10.1. The van der Waals surface area contributed by atoms with E-state index in [4.69, 9.17) is 19.2 Å². The Balaban J connectivity index is 1.93. The number of carbonyl (C=O) groups excluding carboxylic acids is 1. The smallest absolute Gasteiger partial charge is 0.339 e. The maximum atomic E-state index is 13.2. The molecule has 0 bridgehead atoms. The van der Waals surface area contributed by atoms with E-state index in [0.717, 1.165) is 61.7 Å². The standard InChI is InChI=1S/C30H31NO4/c1-17-18(2)24(28(29(32)33-6)35-30(3,4)5)26(21-10-8-7-9-20(17)21)22-11-12-23-25-19(14-16-34-23)13-15-31-27(22)25/h7-13,15,28H,14,16H2,1-6H3/t28-/m0/s1. The van der Waals surface area contributed by atoms with Gasteiger partial charge in [-0.05, 0) is 85.8 Å². The molecule has 5 nitrogen and oxygen atoms in total. The number of benzene rings is 3. The van der Waals surface area contributed by atoms with Gasteiger partial charge in [0.1, 0.15) is 5.75 Å². The fraction of sp³-hybridized carbons (Fsp3) is 0.333. The van der Waals surface area contributed by atoms with Crippen LogP contribution in [0.1, 0.15) is 49.1 Å². The fourth-order valence-electron chi connectivity index (χ4n) is 5.17. The lowest BCUT2D eigenvalue weighted by Crippen LogP contribution is -2.29. The van der Waals surface area contributed by atoms with E-state index in [0.29, 0.717) is 6.61 Å². The van der Waals surface area contributed by atoms with Crippen molar-refractivity contribution in [3.8, 4) is 16.9 Å². The van der Waals surface area contributed by atoms with Crippen molar-refractivity contribution in [1.29, 1.82) is 0 Å². The van der Waals surface area contributed by atoms with Crippen LogP contribution in [-0.2, 0) is 20.7 Å². The summed E-state index contributed by atoms with van der Waals surface area (Å²) in [6, 6.07) is 14.5. The van der Waals surface area contributed by atoms with Gasteiger partial charge in [0.2, 0.25) is 0 Å². The second-order valence-corrected chi connectivity index (χ2v) is 10.1. The van der Waals surface area contributed by atoms with Crippen LogP contribution in [0.4, 0.5) is 0 Å². The summed E-state index contributed by atoms with van der Waals surface area (Å²) >= 11 is 0. The molecule has 0 spiro atoms. The van der Waals surface area contributed by atoms with Crippen molar-refractivity contribution in [1.82, 2.24) is 4.98 Å². The first kappa shape index (κ1) is 23.3. The zero-order valence-corrected chi connectivity index (χ0v) is 21.2. The molecule has 1 aliphatic rings. The summed E-state index contributed by atoms with van der Waals surface area (Å²) in [5.41, 5.74) is 6.38. The molecule has 0 radical (unpaired) electrons. The van der Waals surface area contributed by atoms with Crippen LogP contribution in [-0.4, -0.2) is 30.3 Å². The number of aromatic nitrogens is 1. The average Bonchev–Trinajstić information content (AvgIpc) is 2.85. The molecule has 0 N–H and O–H groups in total. The zero-order chi connectivity index (χ0) is 24.9.